The molecule has 0 N–H and O–H groups in total. The average molecular weight is 739 g/mol. The number of hydrogen-bond donors (Lipinski definition) is 0. The maximum atomic E-state index is 2.38. The second-order valence-corrected chi connectivity index (χ2v) is 15.0. The highest BCUT2D eigenvalue weighted by molar-refractivity contribution is 6.10. The van der Waals surface area contributed by atoms with Gasteiger partial charge in [-0.3, -0.25) is 0 Å². The van der Waals surface area contributed by atoms with Crippen LogP contribution in [0.1, 0.15) is 0 Å². The zero-order valence-corrected chi connectivity index (χ0v) is 31.8. The second-order valence-electron chi connectivity index (χ2n) is 15.0. The van der Waals surface area contributed by atoms with Crippen LogP contribution >= 0.6 is 0 Å². The molecule has 0 radical (unpaired) electrons. The summed E-state index contributed by atoms with van der Waals surface area (Å²) in [5.41, 5.74) is 14.1. The Kier molecular flexibility index (Phi) is 8.19. The van der Waals surface area contributed by atoms with Gasteiger partial charge < -0.3 is 9.47 Å². The standard InChI is InChI=1S/C56H38N2/c1-3-11-39(12-4-1)41-25-29-50(30-26-41)57(52-33-34-56-54(38-52)53-17-9-10-18-55(53)58(56)49-15-5-2-6-16-49)51-31-27-42(28-32-51)45-22-20-43-21-24-47(37-48(43)36-45)46-23-19-40-13-7-8-14-44(40)35-46/h1-38H. The molecule has 1 aromatic heterocycles. The summed E-state index contributed by atoms with van der Waals surface area (Å²) in [6.45, 7) is 0. The molecule has 0 bridgehead atoms. The Hall–Kier alpha value is -7.68. The van der Waals surface area contributed by atoms with E-state index in [-0.39, 0.29) is 0 Å². The van der Waals surface area contributed by atoms with Gasteiger partial charge in [0.15, 0.2) is 0 Å². The molecule has 2 nitrogen and oxygen atoms in total. The van der Waals surface area contributed by atoms with Gasteiger partial charge in [0.25, 0.3) is 0 Å². The van der Waals surface area contributed by atoms with Gasteiger partial charge in [0, 0.05) is 33.5 Å². The van der Waals surface area contributed by atoms with Crippen molar-refractivity contribution in [3.8, 4) is 39.1 Å². The Labute approximate surface area is 338 Å². The van der Waals surface area contributed by atoms with Gasteiger partial charge >= 0.3 is 0 Å². The lowest BCUT2D eigenvalue weighted by molar-refractivity contribution is 1.18. The molecule has 0 aliphatic heterocycles. The number of para-hydroxylation sites is 2. The number of nitrogens with zero attached hydrogens (tertiary/aromatic N) is 2. The Morgan fingerprint density at radius 2 is 0.707 bits per heavy atom. The normalized spacial score (nSPS) is 11.4. The predicted molar refractivity (Wildman–Crippen MR) is 247 cm³/mol. The molecule has 0 atom stereocenters. The van der Waals surface area contributed by atoms with Crippen LogP contribution < -0.4 is 4.90 Å². The van der Waals surface area contributed by atoms with Crippen LogP contribution in [-0.2, 0) is 0 Å². The van der Waals surface area contributed by atoms with Crippen molar-refractivity contribution >= 4 is 60.4 Å². The van der Waals surface area contributed by atoms with Gasteiger partial charge in [0.2, 0.25) is 0 Å². The minimum Gasteiger partial charge on any atom is -0.310 e. The fourth-order valence-electron chi connectivity index (χ4n) is 8.61. The van der Waals surface area contributed by atoms with Crippen molar-refractivity contribution in [3.63, 3.8) is 0 Å². The Morgan fingerprint density at radius 1 is 0.259 bits per heavy atom. The topological polar surface area (TPSA) is 8.17 Å². The van der Waals surface area contributed by atoms with Crippen LogP contribution in [0.15, 0.2) is 231 Å². The van der Waals surface area contributed by atoms with Crippen LogP contribution in [0, 0.1) is 0 Å². The molecule has 272 valence electrons. The molecule has 0 fully saturated rings. The number of fused-ring (bicyclic) bond motifs is 5. The summed E-state index contributed by atoms with van der Waals surface area (Å²) in [6.07, 6.45) is 0. The lowest BCUT2D eigenvalue weighted by Crippen LogP contribution is -2.10. The third-order valence-corrected chi connectivity index (χ3v) is 11.5. The van der Waals surface area contributed by atoms with E-state index in [0.29, 0.717) is 0 Å². The molecule has 0 aliphatic carbocycles. The maximum absolute atomic E-state index is 2.38. The Morgan fingerprint density at radius 3 is 1.38 bits per heavy atom. The number of aromatic nitrogens is 1. The van der Waals surface area contributed by atoms with Gasteiger partial charge in [-0.1, -0.05) is 152 Å². The molecule has 0 saturated heterocycles. The number of anilines is 3. The summed E-state index contributed by atoms with van der Waals surface area (Å²) in [6, 6.07) is 83.7. The molecule has 0 unspecified atom stereocenters. The Bertz CT molecular complexity index is 3250. The summed E-state index contributed by atoms with van der Waals surface area (Å²) in [4.78, 5) is 2.38. The van der Waals surface area contributed by atoms with Crippen molar-refractivity contribution in [1.29, 1.82) is 0 Å². The van der Waals surface area contributed by atoms with E-state index in [4.69, 9.17) is 0 Å². The lowest BCUT2D eigenvalue weighted by atomic mass is 9.96. The fraction of sp³-hybridized carbons (Fsp3) is 0. The van der Waals surface area contributed by atoms with Crippen molar-refractivity contribution in [2.45, 2.75) is 0 Å². The van der Waals surface area contributed by atoms with Crippen LogP contribution in [0.4, 0.5) is 17.1 Å². The maximum Gasteiger partial charge on any atom is 0.0542 e. The van der Waals surface area contributed by atoms with Gasteiger partial charge in [-0.15, -0.1) is 0 Å². The first kappa shape index (κ1) is 33.6. The van der Waals surface area contributed by atoms with Gasteiger partial charge in [-0.2, -0.15) is 0 Å². The molecule has 1 heterocycles. The molecule has 58 heavy (non-hydrogen) atoms. The highest BCUT2D eigenvalue weighted by Gasteiger charge is 2.18. The van der Waals surface area contributed by atoms with E-state index in [1.807, 2.05) is 0 Å². The van der Waals surface area contributed by atoms with Gasteiger partial charge in [0.1, 0.15) is 0 Å². The monoisotopic (exact) mass is 738 g/mol. The minimum atomic E-state index is 1.10. The van der Waals surface area contributed by atoms with Gasteiger partial charge in [-0.05, 0) is 134 Å². The third kappa shape index (κ3) is 6.00. The lowest BCUT2D eigenvalue weighted by Gasteiger charge is -2.26. The predicted octanol–water partition coefficient (Wildman–Crippen LogP) is 15.6. The quantitative estimate of drug-likeness (QED) is 0.158. The zero-order chi connectivity index (χ0) is 38.4. The molecule has 0 saturated carbocycles. The summed E-state index contributed by atoms with van der Waals surface area (Å²) >= 11 is 0. The van der Waals surface area contributed by atoms with Crippen molar-refractivity contribution in [2.75, 3.05) is 4.90 Å². The molecular weight excluding hydrogens is 701 g/mol. The van der Waals surface area contributed by atoms with Crippen LogP contribution in [0.2, 0.25) is 0 Å². The third-order valence-electron chi connectivity index (χ3n) is 11.5. The van der Waals surface area contributed by atoms with E-state index in [9.17, 15) is 0 Å². The van der Waals surface area contributed by atoms with E-state index < -0.39 is 0 Å². The molecule has 0 spiro atoms. The largest absolute Gasteiger partial charge is 0.310 e. The first-order valence-electron chi connectivity index (χ1n) is 19.9. The van der Waals surface area contributed by atoms with Crippen molar-refractivity contribution in [2.24, 2.45) is 0 Å². The molecule has 2 heteroatoms. The van der Waals surface area contributed by atoms with E-state index in [2.05, 4.69) is 240 Å². The van der Waals surface area contributed by atoms with Gasteiger partial charge in [0.05, 0.1) is 11.0 Å². The summed E-state index contributed by atoms with van der Waals surface area (Å²) < 4.78 is 2.37. The number of rotatable bonds is 7. The Balaban J connectivity index is 0.996. The smallest absolute Gasteiger partial charge is 0.0542 e. The highest BCUT2D eigenvalue weighted by Crippen LogP contribution is 2.41. The minimum absolute atomic E-state index is 1.10. The molecule has 10 aromatic carbocycles. The van der Waals surface area contributed by atoms with Crippen LogP contribution in [0.5, 0.6) is 0 Å². The molecular formula is C56H38N2. The van der Waals surface area contributed by atoms with Gasteiger partial charge in [-0.25, -0.2) is 0 Å². The average Bonchev–Trinajstić information content (AvgIpc) is 3.63. The number of benzene rings is 10. The first-order valence-corrected chi connectivity index (χ1v) is 19.9. The van der Waals surface area contributed by atoms with Crippen LogP contribution in [-0.4, -0.2) is 4.57 Å². The van der Waals surface area contributed by atoms with E-state index >= 15 is 0 Å². The molecule has 0 aliphatic rings. The highest BCUT2D eigenvalue weighted by atomic mass is 15.1. The summed E-state index contributed by atoms with van der Waals surface area (Å²) in [7, 11) is 0. The van der Waals surface area contributed by atoms with Crippen molar-refractivity contribution < 1.29 is 0 Å². The van der Waals surface area contributed by atoms with Crippen molar-refractivity contribution in [1.82, 2.24) is 4.57 Å². The first-order chi connectivity index (χ1) is 28.7. The van der Waals surface area contributed by atoms with E-state index in [0.717, 1.165) is 22.7 Å². The molecule has 11 aromatic rings. The molecule has 0 amide bonds. The van der Waals surface area contributed by atoms with E-state index in [1.165, 1.54) is 76.7 Å². The second kappa shape index (κ2) is 14.1. The van der Waals surface area contributed by atoms with E-state index in [1.54, 1.807) is 0 Å². The molecule has 11 rings (SSSR count). The number of hydrogen-bond acceptors (Lipinski definition) is 1. The zero-order valence-electron chi connectivity index (χ0n) is 31.8. The van der Waals surface area contributed by atoms with Crippen molar-refractivity contribution in [3.05, 3.63) is 231 Å². The SMILES string of the molecule is c1ccc(-c2ccc(N(c3ccc(-c4ccc5ccc(-c6ccc7ccccc7c6)cc5c4)cc3)c3ccc4c(c3)c3ccccc3n4-c3ccccc3)cc2)cc1. The summed E-state index contributed by atoms with van der Waals surface area (Å²) in [5.74, 6) is 0. The van der Waals surface area contributed by atoms with Crippen LogP contribution in [0.3, 0.4) is 0 Å². The van der Waals surface area contributed by atoms with Crippen LogP contribution in [0.25, 0.3) is 82.4 Å². The fourth-order valence-corrected chi connectivity index (χ4v) is 8.61. The summed E-state index contributed by atoms with van der Waals surface area (Å²) in [5, 5.41) is 7.44.